The van der Waals surface area contributed by atoms with Crippen LogP contribution >= 0.6 is 11.6 Å². The van der Waals surface area contributed by atoms with Gasteiger partial charge in [0.2, 0.25) is 5.82 Å². The van der Waals surface area contributed by atoms with Crippen molar-refractivity contribution < 1.29 is 22.9 Å². The number of nitro groups is 1. The van der Waals surface area contributed by atoms with Gasteiger partial charge in [-0.15, -0.1) is 0 Å². The molecule has 0 atom stereocenters. The summed E-state index contributed by atoms with van der Waals surface area (Å²) in [5.41, 5.74) is -0.109. The van der Waals surface area contributed by atoms with E-state index in [0.29, 0.717) is 15.7 Å². The summed E-state index contributed by atoms with van der Waals surface area (Å²) in [5, 5.41) is 10.7. The van der Waals surface area contributed by atoms with E-state index in [0.717, 1.165) is 12.1 Å². The fourth-order valence-electron chi connectivity index (χ4n) is 2.71. The molecule has 6 nitrogen and oxygen atoms in total. The molecule has 0 bridgehead atoms. The molecular weight excluding hydrogens is 387 g/mol. The number of fused-ring (bicyclic) bond motifs is 1. The Morgan fingerprint density at radius 1 is 1.22 bits per heavy atom. The summed E-state index contributed by atoms with van der Waals surface area (Å²) in [6, 6.07) is 6.51. The van der Waals surface area contributed by atoms with Crippen molar-refractivity contribution in [3.8, 4) is 0 Å². The molecule has 0 radical (unpaired) electrons. The van der Waals surface area contributed by atoms with Gasteiger partial charge in [0.25, 0.3) is 11.6 Å². The number of halogens is 4. The Morgan fingerprint density at radius 2 is 1.89 bits per heavy atom. The van der Waals surface area contributed by atoms with Crippen LogP contribution in [0.25, 0.3) is 11.0 Å². The number of imidazole rings is 1. The lowest BCUT2D eigenvalue weighted by atomic mass is 10.0. The molecule has 0 N–H and O–H groups in total. The lowest BCUT2D eigenvalue weighted by Gasteiger charge is -2.12. The lowest BCUT2D eigenvalue weighted by Crippen LogP contribution is -2.22. The summed E-state index contributed by atoms with van der Waals surface area (Å²) in [7, 11) is 0. The standard InChI is InChI=1S/C17H11ClF3N3O3/c1-8-3-4-9(2)11(5-8)15(25)23-13-7-10(24(26)27)6-12(18)14(13)22-16(23)17(19,20)21/h3-7H,1-2H3. The van der Waals surface area contributed by atoms with Crippen LogP contribution < -0.4 is 0 Å². The van der Waals surface area contributed by atoms with E-state index in [-0.39, 0.29) is 21.6 Å². The zero-order valence-corrected chi connectivity index (χ0v) is 14.7. The molecule has 0 saturated heterocycles. The number of hydrogen-bond donors (Lipinski definition) is 0. The first-order valence-electron chi connectivity index (χ1n) is 7.56. The third-order valence-electron chi connectivity index (χ3n) is 3.99. The maximum absolute atomic E-state index is 13.5. The number of carbonyl (C=O) groups is 1. The smallest absolute Gasteiger partial charge is 0.268 e. The Labute approximate surface area is 155 Å². The number of aromatic nitrogens is 2. The number of alkyl halides is 3. The van der Waals surface area contributed by atoms with Crippen molar-refractivity contribution in [2.45, 2.75) is 20.0 Å². The molecule has 140 valence electrons. The Bertz CT molecular complexity index is 1110. The molecule has 3 rings (SSSR count). The summed E-state index contributed by atoms with van der Waals surface area (Å²) in [4.78, 5) is 26.7. The highest BCUT2D eigenvalue weighted by Crippen LogP contribution is 2.36. The highest BCUT2D eigenvalue weighted by Gasteiger charge is 2.40. The Morgan fingerprint density at radius 3 is 2.48 bits per heavy atom. The molecule has 0 unspecified atom stereocenters. The molecule has 0 saturated carbocycles. The first-order valence-corrected chi connectivity index (χ1v) is 7.94. The molecule has 3 aromatic rings. The summed E-state index contributed by atoms with van der Waals surface area (Å²) in [6.45, 7) is 3.27. The van der Waals surface area contributed by atoms with E-state index >= 15 is 0 Å². The van der Waals surface area contributed by atoms with Crippen molar-refractivity contribution in [3.63, 3.8) is 0 Å². The zero-order valence-electron chi connectivity index (χ0n) is 14.0. The summed E-state index contributed by atoms with van der Waals surface area (Å²) in [5.74, 6) is -2.49. The molecule has 0 aliphatic heterocycles. The molecule has 1 heterocycles. The van der Waals surface area contributed by atoms with Gasteiger partial charge in [0.15, 0.2) is 0 Å². The lowest BCUT2D eigenvalue weighted by molar-refractivity contribution is -0.384. The first-order chi connectivity index (χ1) is 12.5. The number of nitro benzene ring substituents is 1. The van der Waals surface area contributed by atoms with Gasteiger partial charge in [0.05, 0.1) is 15.5 Å². The molecule has 0 amide bonds. The van der Waals surface area contributed by atoms with Crippen LogP contribution in [0.15, 0.2) is 30.3 Å². The average molecular weight is 398 g/mol. The number of aryl methyl sites for hydroxylation is 2. The van der Waals surface area contributed by atoms with Crippen molar-refractivity contribution in [2.75, 3.05) is 0 Å². The monoisotopic (exact) mass is 397 g/mol. The maximum atomic E-state index is 13.5. The van der Waals surface area contributed by atoms with Crippen LogP contribution in [0.2, 0.25) is 5.02 Å². The number of nitrogens with zero attached hydrogens (tertiary/aromatic N) is 3. The molecule has 0 spiro atoms. The summed E-state index contributed by atoms with van der Waals surface area (Å²) < 4.78 is 40.9. The Kier molecular flexibility index (Phi) is 4.43. The van der Waals surface area contributed by atoms with Crippen LogP contribution in [0.1, 0.15) is 27.3 Å². The van der Waals surface area contributed by atoms with Crippen LogP contribution in [0.4, 0.5) is 18.9 Å². The molecule has 27 heavy (non-hydrogen) atoms. The van der Waals surface area contributed by atoms with Gasteiger partial charge in [0, 0.05) is 17.7 Å². The molecule has 1 aromatic heterocycles. The van der Waals surface area contributed by atoms with Gasteiger partial charge in [-0.25, -0.2) is 4.98 Å². The predicted molar refractivity (Wildman–Crippen MR) is 92.0 cm³/mol. The fraction of sp³-hybridized carbons (Fsp3) is 0.176. The topological polar surface area (TPSA) is 78.0 Å². The second-order valence-electron chi connectivity index (χ2n) is 5.94. The average Bonchev–Trinajstić information content (AvgIpc) is 2.96. The minimum atomic E-state index is -4.97. The zero-order chi connectivity index (χ0) is 20.1. The summed E-state index contributed by atoms with van der Waals surface area (Å²) >= 11 is 5.89. The van der Waals surface area contributed by atoms with Crippen LogP contribution in [-0.4, -0.2) is 20.4 Å². The quantitative estimate of drug-likeness (QED) is 0.454. The third-order valence-corrected chi connectivity index (χ3v) is 4.28. The SMILES string of the molecule is Cc1ccc(C)c(C(=O)n2c(C(F)(F)F)nc3c(Cl)cc([N+](=O)[O-])cc32)c1. The van der Waals surface area contributed by atoms with Crippen LogP contribution in [0.5, 0.6) is 0 Å². The van der Waals surface area contributed by atoms with E-state index < -0.39 is 28.5 Å². The van der Waals surface area contributed by atoms with Crippen molar-refractivity contribution in [3.05, 3.63) is 68.0 Å². The number of rotatable bonds is 2. The van der Waals surface area contributed by atoms with E-state index in [9.17, 15) is 28.1 Å². The molecule has 0 aliphatic carbocycles. The van der Waals surface area contributed by atoms with E-state index in [1.165, 1.54) is 6.07 Å². The largest absolute Gasteiger partial charge is 0.450 e. The van der Waals surface area contributed by atoms with E-state index in [1.54, 1.807) is 26.0 Å². The van der Waals surface area contributed by atoms with Gasteiger partial charge in [-0.3, -0.25) is 19.5 Å². The fourth-order valence-corrected chi connectivity index (χ4v) is 2.96. The van der Waals surface area contributed by atoms with Crippen LogP contribution in [-0.2, 0) is 6.18 Å². The van der Waals surface area contributed by atoms with Crippen LogP contribution in [0.3, 0.4) is 0 Å². The molecule has 2 aromatic carbocycles. The number of carbonyl (C=O) groups excluding carboxylic acids is 1. The second kappa shape index (κ2) is 6.34. The van der Waals surface area contributed by atoms with E-state index in [4.69, 9.17) is 11.6 Å². The van der Waals surface area contributed by atoms with Gasteiger partial charge < -0.3 is 0 Å². The van der Waals surface area contributed by atoms with Gasteiger partial charge in [0.1, 0.15) is 5.52 Å². The van der Waals surface area contributed by atoms with Crippen molar-refractivity contribution in [1.29, 1.82) is 0 Å². The molecule has 0 fully saturated rings. The molecule has 10 heteroatoms. The Balaban J connectivity index is 2.40. The van der Waals surface area contributed by atoms with Gasteiger partial charge in [-0.1, -0.05) is 29.3 Å². The van der Waals surface area contributed by atoms with E-state index in [2.05, 4.69) is 4.98 Å². The maximum Gasteiger partial charge on any atom is 0.450 e. The number of hydrogen-bond acceptors (Lipinski definition) is 4. The highest BCUT2D eigenvalue weighted by molar-refractivity contribution is 6.35. The van der Waals surface area contributed by atoms with Gasteiger partial charge in [-0.2, -0.15) is 13.2 Å². The number of benzene rings is 2. The highest BCUT2D eigenvalue weighted by atomic mass is 35.5. The van der Waals surface area contributed by atoms with Crippen LogP contribution in [0, 0.1) is 24.0 Å². The normalized spacial score (nSPS) is 11.8. The van der Waals surface area contributed by atoms with Gasteiger partial charge >= 0.3 is 6.18 Å². The molecular formula is C17H11ClF3N3O3. The van der Waals surface area contributed by atoms with E-state index in [1.807, 2.05) is 0 Å². The van der Waals surface area contributed by atoms with Crippen molar-refractivity contribution in [1.82, 2.24) is 9.55 Å². The number of non-ortho nitro benzene ring substituents is 1. The third kappa shape index (κ3) is 3.25. The molecule has 0 aliphatic rings. The first kappa shape index (κ1) is 18.8. The second-order valence-corrected chi connectivity index (χ2v) is 6.35. The minimum absolute atomic E-state index is 0.0300. The van der Waals surface area contributed by atoms with Crippen molar-refractivity contribution >= 4 is 34.2 Å². The minimum Gasteiger partial charge on any atom is -0.268 e. The van der Waals surface area contributed by atoms with Gasteiger partial charge in [-0.05, 0) is 25.5 Å². The Hall–Kier alpha value is -2.94. The predicted octanol–water partition coefficient (Wildman–Crippen LogP) is 4.92. The summed E-state index contributed by atoms with van der Waals surface area (Å²) in [6.07, 6.45) is -4.97. The van der Waals surface area contributed by atoms with Crippen molar-refractivity contribution in [2.24, 2.45) is 0 Å².